The molecule has 0 radical (unpaired) electrons. The fourth-order valence-electron chi connectivity index (χ4n) is 1.70. The lowest BCUT2D eigenvalue weighted by Gasteiger charge is -2.12. The number of nitrogens with zero attached hydrogens (tertiary/aromatic N) is 1. The van der Waals surface area contributed by atoms with Crippen molar-refractivity contribution in [2.45, 2.75) is 25.7 Å². The fraction of sp³-hybridized carbons (Fsp3) is 0.364. The van der Waals surface area contributed by atoms with Crippen LogP contribution in [0.3, 0.4) is 0 Å². The Morgan fingerprint density at radius 1 is 1.31 bits per heavy atom. The predicted octanol–water partition coefficient (Wildman–Crippen LogP) is 3.80. The van der Waals surface area contributed by atoms with Crippen LogP contribution in [0.5, 0.6) is 0 Å². The van der Waals surface area contributed by atoms with E-state index in [1.54, 1.807) is 0 Å². The highest BCUT2D eigenvalue weighted by atomic mass is 79.9. The highest BCUT2D eigenvalue weighted by Gasteiger charge is 2.05. The molecule has 68 valence electrons. The van der Waals surface area contributed by atoms with Gasteiger partial charge in [0.15, 0.2) is 0 Å². The van der Waals surface area contributed by atoms with Gasteiger partial charge in [0.05, 0.1) is 0 Å². The Bertz CT molecular complexity index is 331. The zero-order valence-electron chi connectivity index (χ0n) is 7.46. The maximum atomic E-state index is 4.12. The summed E-state index contributed by atoms with van der Waals surface area (Å²) in [5.41, 5.74) is 2.80. The van der Waals surface area contributed by atoms with Gasteiger partial charge in [-0.15, -0.1) is 0 Å². The minimum Gasteiger partial charge on any atom is -0.249 e. The summed E-state index contributed by atoms with van der Waals surface area (Å²) in [4.78, 5) is 4.12. The first kappa shape index (κ1) is 8.95. The largest absolute Gasteiger partial charge is 0.249 e. The van der Waals surface area contributed by atoms with Crippen LogP contribution in [0.4, 0.5) is 0 Å². The molecule has 0 spiro atoms. The number of allylic oxidation sites excluding steroid dienone is 2. The zero-order chi connectivity index (χ0) is 9.10. The Morgan fingerprint density at radius 2 is 2.23 bits per heavy atom. The molecule has 1 aliphatic carbocycles. The molecule has 13 heavy (non-hydrogen) atoms. The molecule has 0 aromatic carbocycles. The van der Waals surface area contributed by atoms with E-state index < -0.39 is 0 Å². The molecule has 1 aliphatic rings. The van der Waals surface area contributed by atoms with E-state index in [-0.39, 0.29) is 0 Å². The first-order valence-corrected chi connectivity index (χ1v) is 5.46. The molecular weight excluding hydrogens is 226 g/mol. The monoisotopic (exact) mass is 237 g/mol. The van der Waals surface area contributed by atoms with Crippen LogP contribution in [-0.2, 0) is 0 Å². The van der Waals surface area contributed by atoms with Gasteiger partial charge < -0.3 is 0 Å². The highest BCUT2D eigenvalue weighted by Crippen LogP contribution is 2.27. The van der Waals surface area contributed by atoms with E-state index in [1.165, 1.54) is 36.8 Å². The lowest BCUT2D eigenvalue weighted by atomic mass is 9.94. The van der Waals surface area contributed by atoms with E-state index >= 15 is 0 Å². The van der Waals surface area contributed by atoms with E-state index in [1.807, 2.05) is 6.20 Å². The Morgan fingerprint density at radius 3 is 2.92 bits per heavy atom. The molecule has 1 aromatic rings. The molecule has 2 heteroatoms. The van der Waals surface area contributed by atoms with Crippen molar-refractivity contribution in [1.82, 2.24) is 4.98 Å². The van der Waals surface area contributed by atoms with Crippen molar-refractivity contribution >= 4 is 21.5 Å². The van der Waals surface area contributed by atoms with Crippen LogP contribution in [0.15, 0.2) is 29.0 Å². The summed E-state index contributed by atoms with van der Waals surface area (Å²) in [5.74, 6) is 0. The average molecular weight is 238 g/mol. The SMILES string of the molecule is Brc1cc(C2=CCCCC2)ccn1. The number of halogens is 1. The van der Waals surface area contributed by atoms with Crippen LogP contribution < -0.4 is 0 Å². The van der Waals surface area contributed by atoms with Crippen molar-refractivity contribution in [3.63, 3.8) is 0 Å². The number of rotatable bonds is 1. The smallest absolute Gasteiger partial charge is 0.106 e. The summed E-state index contributed by atoms with van der Waals surface area (Å²) in [7, 11) is 0. The van der Waals surface area contributed by atoms with Gasteiger partial charge in [0.2, 0.25) is 0 Å². The van der Waals surface area contributed by atoms with Crippen LogP contribution in [-0.4, -0.2) is 4.98 Å². The molecule has 1 heterocycles. The summed E-state index contributed by atoms with van der Waals surface area (Å²) >= 11 is 3.39. The molecule has 1 nitrogen and oxygen atoms in total. The van der Waals surface area contributed by atoms with E-state index in [4.69, 9.17) is 0 Å². The Kier molecular flexibility index (Phi) is 2.79. The van der Waals surface area contributed by atoms with Crippen molar-refractivity contribution in [3.05, 3.63) is 34.6 Å². The first-order chi connectivity index (χ1) is 6.36. The van der Waals surface area contributed by atoms with Crippen molar-refractivity contribution in [2.75, 3.05) is 0 Å². The van der Waals surface area contributed by atoms with E-state index in [2.05, 4.69) is 39.1 Å². The predicted molar refractivity (Wildman–Crippen MR) is 58.4 cm³/mol. The number of hydrogen-bond acceptors (Lipinski definition) is 1. The molecule has 0 amide bonds. The third-order valence-corrected chi connectivity index (χ3v) is 2.82. The molecular formula is C11H12BrN. The van der Waals surface area contributed by atoms with Gasteiger partial charge >= 0.3 is 0 Å². The summed E-state index contributed by atoms with van der Waals surface area (Å²) in [6, 6.07) is 4.18. The summed E-state index contributed by atoms with van der Waals surface area (Å²) in [6.45, 7) is 0. The summed E-state index contributed by atoms with van der Waals surface area (Å²) in [5, 5.41) is 0. The van der Waals surface area contributed by atoms with Crippen LogP contribution in [0.2, 0.25) is 0 Å². The van der Waals surface area contributed by atoms with Crippen LogP contribution in [0, 0.1) is 0 Å². The van der Waals surface area contributed by atoms with E-state index in [0.29, 0.717) is 0 Å². The Hall–Kier alpha value is -0.630. The van der Waals surface area contributed by atoms with Gasteiger partial charge in [0.25, 0.3) is 0 Å². The molecule has 2 rings (SSSR count). The molecule has 0 atom stereocenters. The third kappa shape index (κ3) is 2.19. The van der Waals surface area contributed by atoms with Gasteiger partial charge in [-0.3, -0.25) is 0 Å². The Labute approximate surface area is 87.0 Å². The number of hydrogen-bond donors (Lipinski definition) is 0. The number of pyridine rings is 1. The van der Waals surface area contributed by atoms with Gasteiger partial charge in [-0.1, -0.05) is 6.08 Å². The second-order valence-corrected chi connectivity index (χ2v) is 4.15. The fourth-order valence-corrected chi connectivity index (χ4v) is 2.07. The van der Waals surface area contributed by atoms with Crippen LogP contribution in [0.1, 0.15) is 31.2 Å². The quantitative estimate of drug-likeness (QED) is 0.678. The Balaban J connectivity index is 2.29. The molecule has 0 fully saturated rings. The topological polar surface area (TPSA) is 12.9 Å². The minimum atomic E-state index is 0.927. The standard InChI is InChI=1S/C11H12BrN/c12-11-8-10(6-7-13-11)9-4-2-1-3-5-9/h4,6-8H,1-3,5H2. The van der Waals surface area contributed by atoms with Gasteiger partial charge in [0.1, 0.15) is 4.60 Å². The second-order valence-electron chi connectivity index (χ2n) is 3.34. The van der Waals surface area contributed by atoms with Gasteiger partial charge in [0, 0.05) is 6.20 Å². The maximum absolute atomic E-state index is 4.12. The van der Waals surface area contributed by atoms with Crippen molar-refractivity contribution in [1.29, 1.82) is 0 Å². The molecule has 0 unspecified atom stereocenters. The maximum Gasteiger partial charge on any atom is 0.106 e. The highest BCUT2D eigenvalue weighted by molar-refractivity contribution is 9.10. The van der Waals surface area contributed by atoms with Gasteiger partial charge in [-0.25, -0.2) is 4.98 Å². The van der Waals surface area contributed by atoms with Gasteiger partial charge in [-0.05, 0) is 64.9 Å². The molecule has 0 aliphatic heterocycles. The van der Waals surface area contributed by atoms with Crippen LogP contribution in [0.25, 0.3) is 5.57 Å². The third-order valence-electron chi connectivity index (χ3n) is 2.39. The molecule has 1 aromatic heterocycles. The summed E-state index contributed by atoms with van der Waals surface area (Å²) in [6.07, 6.45) is 9.33. The minimum absolute atomic E-state index is 0.927. The molecule has 0 N–H and O–H groups in total. The molecule has 0 bridgehead atoms. The van der Waals surface area contributed by atoms with Crippen LogP contribution >= 0.6 is 15.9 Å². The normalized spacial score (nSPS) is 16.8. The van der Waals surface area contributed by atoms with Gasteiger partial charge in [-0.2, -0.15) is 0 Å². The first-order valence-electron chi connectivity index (χ1n) is 4.67. The second kappa shape index (κ2) is 4.05. The van der Waals surface area contributed by atoms with Crippen molar-refractivity contribution in [2.24, 2.45) is 0 Å². The van der Waals surface area contributed by atoms with E-state index in [0.717, 1.165) is 4.60 Å². The van der Waals surface area contributed by atoms with E-state index in [9.17, 15) is 0 Å². The van der Waals surface area contributed by atoms with Crippen molar-refractivity contribution < 1.29 is 0 Å². The summed E-state index contributed by atoms with van der Waals surface area (Å²) < 4.78 is 0.927. The lowest BCUT2D eigenvalue weighted by Crippen LogP contribution is -1.92. The zero-order valence-corrected chi connectivity index (χ0v) is 9.05. The molecule has 0 saturated carbocycles. The van der Waals surface area contributed by atoms with Crippen molar-refractivity contribution in [3.8, 4) is 0 Å². The average Bonchev–Trinajstić information content (AvgIpc) is 2.19. The molecule has 0 saturated heterocycles. The lowest BCUT2D eigenvalue weighted by molar-refractivity contribution is 0.742. The number of aromatic nitrogens is 1.